The first-order chi connectivity index (χ1) is 8.02. The maximum absolute atomic E-state index is 11.3. The number of aliphatic hydroxyl groups excluding tert-OH is 2. The third-order valence-corrected chi connectivity index (χ3v) is 3.25. The zero-order valence-electron chi connectivity index (χ0n) is 9.37. The number of carbonyl (C=O) groups excluding carboxylic acids is 1. The van der Waals surface area contributed by atoms with Crippen LogP contribution in [0.1, 0.15) is 6.42 Å². The minimum absolute atomic E-state index is 0.236. The van der Waals surface area contributed by atoms with Crippen molar-refractivity contribution in [3.8, 4) is 0 Å². The SMILES string of the molecule is CN1CN([C@H]2C[C@H](O)[C@@H](CO)O2)C(=S)NC1=O. The number of nitrogens with one attached hydrogen (secondary N) is 1. The summed E-state index contributed by atoms with van der Waals surface area (Å²) in [6.07, 6.45) is -1.37. The van der Waals surface area contributed by atoms with Crippen molar-refractivity contribution >= 4 is 23.4 Å². The minimum Gasteiger partial charge on any atom is -0.394 e. The van der Waals surface area contributed by atoms with Crippen LogP contribution in [-0.4, -0.2) is 69.9 Å². The molecule has 7 nitrogen and oxygen atoms in total. The molecule has 8 heteroatoms. The summed E-state index contributed by atoms with van der Waals surface area (Å²) in [4.78, 5) is 14.5. The molecule has 0 saturated carbocycles. The molecule has 2 amide bonds. The molecule has 0 aromatic heterocycles. The highest BCUT2D eigenvalue weighted by Crippen LogP contribution is 2.24. The van der Waals surface area contributed by atoms with Gasteiger partial charge in [-0.3, -0.25) is 5.32 Å². The van der Waals surface area contributed by atoms with Gasteiger partial charge in [0.1, 0.15) is 12.3 Å². The van der Waals surface area contributed by atoms with Gasteiger partial charge in [0, 0.05) is 13.5 Å². The van der Waals surface area contributed by atoms with E-state index in [9.17, 15) is 9.90 Å². The lowest BCUT2D eigenvalue weighted by molar-refractivity contribution is -0.0662. The topological polar surface area (TPSA) is 85.3 Å². The molecule has 0 bridgehead atoms. The maximum Gasteiger partial charge on any atom is 0.324 e. The van der Waals surface area contributed by atoms with E-state index in [4.69, 9.17) is 22.1 Å². The zero-order valence-corrected chi connectivity index (χ0v) is 10.2. The molecule has 2 rings (SSSR count). The second-order valence-electron chi connectivity index (χ2n) is 4.16. The molecule has 96 valence electrons. The van der Waals surface area contributed by atoms with E-state index in [0.717, 1.165) is 0 Å². The normalized spacial score (nSPS) is 34.2. The van der Waals surface area contributed by atoms with Crippen molar-refractivity contribution in [2.24, 2.45) is 0 Å². The van der Waals surface area contributed by atoms with Crippen LogP contribution in [0.5, 0.6) is 0 Å². The van der Waals surface area contributed by atoms with Crippen molar-refractivity contribution in [3.63, 3.8) is 0 Å². The summed E-state index contributed by atoms with van der Waals surface area (Å²) >= 11 is 5.05. The van der Waals surface area contributed by atoms with Crippen LogP contribution in [0.25, 0.3) is 0 Å². The highest BCUT2D eigenvalue weighted by atomic mass is 32.1. The van der Waals surface area contributed by atoms with Gasteiger partial charge in [-0.2, -0.15) is 0 Å². The number of hydrogen-bond acceptors (Lipinski definition) is 5. The second-order valence-corrected chi connectivity index (χ2v) is 4.55. The van der Waals surface area contributed by atoms with Crippen molar-refractivity contribution < 1.29 is 19.7 Å². The number of thiocarbonyl (C=S) groups is 1. The van der Waals surface area contributed by atoms with E-state index in [-0.39, 0.29) is 17.8 Å². The smallest absolute Gasteiger partial charge is 0.324 e. The van der Waals surface area contributed by atoms with Gasteiger partial charge in [0.25, 0.3) is 0 Å². The fraction of sp³-hybridized carbons (Fsp3) is 0.778. The Balaban J connectivity index is 2.03. The quantitative estimate of drug-likeness (QED) is 0.533. The van der Waals surface area contributed by atoms with Gasteiger partial charge in [-0.25, -0.2) is 4.79 Å². The Morgan fingerprint density at radius 3 is 2.94 bits per heavy atom. The van der Waals surface area contributed by atoms with Crippen LogP contribution in [-0.2, 0) is 4.74 Å². The number of hydrogen-bond donors (Lipinski definition) is 3. The van der Waals surface area contributed by atoms with Crippen LogP contribution in [0.15, 0.2) is 0 Å². The Labute approximate surface area is 104 Å². The largest absolute Gasteiger partial charge is 0.394 e. The van der Waals surface area contributed by atoms with Gasteiger partial charge in [-0.1, -0.05) is 0 Å². The fourth-order valence-corrected chi connectivity index (χ4v) is 2.17. The molecular weight excluding hydrogens is 246 g/mol. The first-order valence-electron chi connectivity index (χ1n) is 5.30. The first-order valence-corrected chi connectivity index (χ1v) is 5.71. The van der Waals surface area contributed by atoms with Gasteiger partial charge in [0.15, 0.2) is 5.11 Å². The molecule has 0 unspecified atom stereocenters. The van der Waals surface area contributed by atoms with Crippen LogP contribution < -0.4 is 5.32 Å². The number of ether oxygens (including phenoxy) is 1. The van der Waals surface area contributed by atoms with Crippen molar-refractivity contribution in [1.29, 1.82) is 0 Å². The Kier molecular flexibility index (Phi) is 3.48. The van der Waals surface area contributed by atoms with Crippen LogP contribution >= 0.6 is 12.2 Å². The highest BCUT2D eigenvalue weighted by Gasteiger charge is 2.40. The number of aliphatic hydroxyl groups is 2. The monoisotopic (exact) mass is 261 g/mol. The molecule has 2 aliphatic heterocycles. The third-order valence-electron chi connectivity index (χ3n) is 2.92. The van der Waals surface area contributed by atoms with Gasteiger partial charge >= 0.3 is 6.03 Å². The average molecular weight is 261 g/mol. The molecule has 2 aliphatic rings. The molecule has 2 saturated heterocycles. The van der Waals surface area contributed by atoms with Gasteiger partial charge in [-0.15, -0.1) is 0 Å². The van der Waals surface area contributed by atoms with E-state index < -0.39 is 18.4 Å². The van der Waals surface area contributed by atoms with E-state index in [1.807, 2.05) is 0 Å². The molecule has 0 aromatic carbocycles. The van der Waals surface area contributed by atoms with E-state index in [2.05, 4.69) is 5.32 Å². The summed E-state index contributed by atoms with van der Waals surface area (Å²) in [5.41, 5.74) is 0. The van der Waals surface area contributed by atoms with Crippen molar-refractivity contribution in [1.82, 2.24) is 15.1 Å². The predicted octanol–water partition coefficient (Wildman–Crippen LogP) is -1.35. The third kappa shape index (κ3) is 2.34. The molecule has 2 heterocycles. The maximum atomic E-state index is 11.3. The van der Waals surface area contributed by atoms with Gasteiger partial charge in [-0.05, 0) is 12.2 Å². The molecule has 3 atom stereocenters. The first kappa shape index (κ1) is 12.5. The lowest BCUT2D eigenvalue weighted by atomic mass is 10.2. The van der Waals surface area contributed by atoms with Crippen molar-refractivity contribution in [2.45, 2.75) is 24.9 Å². The van der Waals surface area contributed by atoms with Crippen LogP contribution in [0, 0.1) is 0 Å². The van der Waals surface area contributed by atoms with Crippen LogP contribution in [0.2, 0.25) is 0 Å². The molecular formula is C9H15N3O4S. The number of rotatable bonds is 2. The van der Waals surface area contributed by atoms with Gasteiger partial charge in [0.05, 0.1) is 19.4 Å². The van der Waals surface area contributed by atoms with Crippen LogP contribution in [0.4, 0.5) is 4.79 Å². The fourth-order valence-electron chi connectivity index (χ4n) is 1.91. The lowest BCUT2D eigenvalue weighted by Crippen LogP contribution is -2.60. The number of nitrogens with zero attached hydrogens (tertiary/aromatic N) is 2. The van der Waals surface area contributed by atoms with Crippen molar-refractivity contribution in [3.05, 3.63) is 0 Å². The number of carbonyl (C=O) groups is 1. The Hall–Kier alpha value is -0.960. The second kappa shape index (κ2) is 4.73. The molecule has 0 spiro atoms. The summed E-state index contributed by atoms with van der Waals surface area (Å²) in [6.45, 7) is 0.0701. The highest BCUT2D eigenvalue weighted by molar-refractivity contribution is 7.80. The Morgan fingerprint density at radius 1 is 1.65 bits per heavy atom. The number of amides is 2. The van der Waals surface area contributed by atoms with Gasteiger partial charge in [0.2, 0.25) is 0 Å². The predicted molar refractivity (Wildman–Crippen MR) is 62.0 cm³/mol. The summed E-state index contributed by atoms with van der Waals surface area (Å²) < 4.78 is 5.48. The Bertz CT molecular complexity index is 340. The summed E-state index contributed by atoms with van der Waals surface area (Å²) in [5.74, 6) is 0. The summed E-state index contributed by atoms with van der Waals surface area (Å²) in [7, 11) is 1.64. The van der Waals surface area contributed by atoms with Crippen molar-refractivity contribution in [2.75, 3.05) is 20.3 Å². The molecule has 17 heavy (non-hydrogen) atoms. The van der Waals surface area contributed by atoms with Crippen LogP contribution in [0.3, 0.4) is 0 Å². The number of urea groups is 1. The molecule has 0 aliphatic carbocycles. The zero-order chi connectivity index (χ0) is 12.6. The van der Waals surface area contributed by atoms with E-state index >= 15 is 0 Å². The summed E-state index contributed by atoms with van der Waals surface area (Å²) in [6, 6.07) is -0.261. The lowest BCUT2D eigenvalue weighted by Gasteiger charge is -2.38. The molecule has 0 aromatic rings. The van der Waals surface area contributed by atoms with E-state index in [0.29, 0.717) is 13.1 Å². The van der Waals surface area contributed by atoms with E-state index in [1.165, 1.54) is 4.90 Å². The van der Waals surface area contributed by atoms with E-state index in [1.54, 1.807) is 11.9 Å². The molecule has 3 N–H and O–H groups in total. The van der Waals surface area contributed by atoms with Gasteiger partial charge < -0.3 is 24.7 Å². The molecule has 0 radical (unpaired) electrons. The standard InChI is InChI=1S/C9H15N3O4S/c1-11-4-12(9(17)10-8(11)15)7-2-5(14)6(3-13)16-7/h5-7,13-14H,2-4H2,1H3,(H,10,15,17)/t5-,6+,7+/m0/s1. The Morgan fingerprint density at radius 2 is 2.35 bits per heavy atom. The average Bonchev–Trinajstić information content (AvgIpc) is 2.65. The summed E-state index contributed by atoms with van der Waals surface area (Å²) in [5, 5.41) is 21.4. The molecule has 2 fully saturated rings. The minimum atomic E-state index is -0.712.